The van der Waals surface area contributed by atoms with Gasteiger partial charge in [-0.1, -0.05) is 55.4 Å². The molecule has 5 heterocycles. The first-order valence-electron chi connectivity index (χ1n) is 17.6. The van der Waals surface area contributed by atoms with E-state index in [-0.39, 0.29) is 0 Å². The van der Waals surface area contributed by atoms with E-state index in [0.717, 1.165) is 68.7 Å². The van der Waals surface area contributed by atoms with E-state index < -0.39 is 0 Å². The van der Waals surface area contributed by atoms with Gasteiger partial charge in [0, 0.05) is 59.6 Å². The summed E-state index contributed by atoms with van der Waals surface area (Å²) in [7, 11) is 9.15. The molecule has 0 saturated heterocycles. The van der Waals surface area contributed by atoms with Gasteiger partial charge < -0.3 is 9.13 Å². The normalized spacial score (nSPS) is 13.0. The van der Waals surface area contributed by atoms with E-state index in [4.69, 9.17) is 3.67 Å². The molecule has 0 saturated carbocycles. The molecule has 0 amide bonds. The molecule has 2 aliphatic rings. The van der Waals surface area contributed by atoms with Gasteiger partial charge in [0.05, 0.1) is 17.1 Å². The predicted octanol–water partition coefficient (Wildman–Crippen LogP) is 8.78. The third kappa shape index (κ3) is 5.52. The van der Waals surface area contributed by atoms with Crippen molar-refractivity contribution in [1.29, 1.82) is 0 Å². The van der Waals surface area contributed by atoms with E-state index in [1.807, 2.05) is 0 Å². The molecule has 2 aliphatic heterocycles. The number of rotatable bonds is 8. The Bertz CT molecular complexity index is 1770. The Hall–Kier alpha value is -3.02. The van der Waals surface area contributed by atoms with Crippen molar-refractivity contribution in [2.24, 2.45) is 28.2 Å². The van der Waals surface area contributed by atoms with E-state index in [2.05, 4.69) is 126 Å². The second-order valence-electron chi connectivity index (χ2n) is 12.6. The molecule has 46 heavy (non-hydrogen) atoms. The quantitative estimate of drug-likeness (QED) is 0.223. The Labute approximate surface area is 286 Å². The zero-order chi connectivity index (χ0) is 34.0. The van der Waals surface area contributed by atoms with Crippen molar-refractivity contribution in [3.8, 4) is 0 Å². The molecule has 0 aromatic carbocycles. The third-order valence-electron chi connectivity index (χ3n) is 10.7. The Kier molecular flexibility index (Phi) is 11.5. The number of fused-ring (bicyclic) bond motifs is 8. The summed E-state index contributed by atoms with van der Waals surface area (Å²) in [5, 5.41) is 0. The van der Waals surface area contributed by atoms with Crippen molar-refractivity contribution in [1.82, 2.24) is 9.13 Å². The second kappa shape index (κ2) is 14.8. The fraction of sp³-hybridized carbons (Fsp3) is 0.500. The van der Waals surface area contributed by atoms with Gasteiger partial charge in [-0.2, -0.15) is 9.13 Å². The van der Waals surface area contributed by atoms with E-state index in [1.165, 1.54) is 89.4 Å². The van der Waals surface area contributed by atoms with Gasteiger partial charge in [0.1, 0.15) is 14.1 Å². The van der Waals surface area contributed by atoms with Crippen LogP contribution in [0.5, 0.6) is 0 Å². The minimum absolute atomic E-state index is 1.03. The van der Waals surface area contributed by atoms with Crippen LogP contribution in [0.4, 0.5) is 0 Å². The van der Waals surface area contributed by atoms with Crippen LogP contribution in [-0.4, -0.2) is 9.13 Å². The van der Waals surface area contributed by atoms with Crippen LogP contribution in [0.15, 0.2) is 24.3 Å². The first-order valence-corrected chi connectivity index (χ1v) is 18.1. The number of allylic oxidation sites excluding steroid dienone is 4. The molecular formula is C40H56N4OV+2. The van der Waals surface area contributed by atoms with Crippen molar-refractivity contribution < 1.29 is 30.2 Å². The van der Waals surface area contributed by atoms with Crippen molar-refractivity contribution in [2.75, 3.05) is 0 Å². The minimum atomic E-state index is 1.03. The molecule has 3 aromatic rings. The molecule has 0 fully saturated rings. The fourth-order valence-corrected chi connectivity index (χ4v) is 8.52. The van der Waals surface area contributed by atoms with Crippen LogP contribution in [-0.2, 0) is 74.9 Å². The number of aromatic nitrogens is 4. The summed E-state index contributed by atoms with van der Waals surface area (Å²) < 4.78 is 18.1. The Morgan fingerprint density at radius 1 is 0.435 bits per heavy atom. The monoisotopic (exact) mass is 659 g/mol. The summed E-state index contributed by atoms with van der Waals surface area (Å²) >= 11 is 1.06. The summed E-state index contributed by atoms with van der Waals surface area (Å²) in [4.78, 5) is 0. The average Bonchev–Trinajstić information content (AvgIpc) is 3.68. The van der Waals surface area contributed by atoms with E-state index in [0.29, 0.717) is 0 Å². The Balaban J connectivity index is 0.00000235. The van der Waals surface area contributed by atoms with Gasteiger partial charge in [0.2, 0.25) is 22.8 Å². The molecule has 3 aromatic heterocycles. The molecule has 0 radical (unpaired) electrons. The predicted molar refractivity (Wildman–Crippen MR) is 190 cm³/mol. The van der Waals surface area contributed by atoms with Gasteiger partial charge in [0.15, 0.2) is 0 Å². The standard InChI is InChI=1S/C40H56N4.O.V/c1-13-25-26(14-2)34-22-36-29(17-5)30(18-6)38(43(36)11)24-40-32(20-8)31(19-7)39(44(40)12)23-37-28(16-4)27(15-3)35(42(37)10)21-33(25)41(34)9;;/h21-24H,13-20H2,1-12H3;;/q+2;;. The molecule has 0 unspecified atom stereocenters. The first kappa shape index (κ1) is 35.8. The molecule has 0 N–H and O–H groups in total. The molecule has 5 nitrogen and oxygen atoms in total. The number of aryl methyl sites for hydroxylation is 6. The van der Waals surface area contributed by atoms with Gasteiger partial charge in [-0.15, -0.1) is 0 Å². The van der Waals surface area contributed by atoms with E-state index in [9.17, 15) is 0 Å². The topological polar surface area (TPSA) is 34.7 Å². The first-order chi connectivity index (χ1) is 22.2. The van der Waals surface area contributed by atoms with Crippen LogP contribution in [0.25, 0.3) is 44.4 Å². The van der Waals surface area contributed by atoms with Gasteiger partial charge in [-0.3, -0.25) is 0 Å². The molecule has 5 rings (SSSR count). The van der Waals surface area contributed by atoms with Crippen molar-refractivity contribution >= 4 is 44.4 Å². The number of hydrogen-bond acceptors (Lipinski definition) is 1. The summed E-state index contributed by atoms with van der Waals surface area (Å²) in [5.74, 6) is 0. The number of nitrogens with zero attached hydrogens (tertiary/aromatic N) is 4. The molecule has 0 spiro atoms. The molecule has 8 bridgehead atoms. The Morgan fingerprint density at radius 3 is 0.913 bits per heavy atom. The summed E-state index contributed by atoms with van der Waals surface area (Å²) in [6.07, 6.45) is 8.23. The fourth-order valence-electron chi connectivity index (χ4n) is 8.52. The van der Waals surface area contributed by atoms with Crippen molar-refractivity contribution in [2.45, 2.75) is 107 Å². The average molecular weight is 660 g/mol. The molecule has 6 heteroatoms. The van der Waals surface area contributed by atoms with Gasteiger partial charge in [0.25, 0.3) is 0 Å². The maximum atomic E-state index is 8.19. The van der Waals surface area contributed by atoms with Crippen LogP contribution in [0.1, 0.15) is 126 Å². The summed E-state index contributed by atoms with van der Waals surface area (Å²) in [6, 6.07) is 10.0. The SMILES string of the molecule is CCC1=C(CC)c2cc3c(CC)c(CC)c(cc4c(CC)c(CC)c(cc5[n+](C)c(cc1[n+]2C)C(CC)=C5CC)n4C)n3C.[O]=[V]. The number of hydrogen-bond donors (Lipinski definition) is 0. The zero-order valence-electron chi connectivity index (χ0n) is 30.6. The molecule has 0 atom stereocenters. The van der Waals surface area contributed by atoms with Crippen LogP contribution < -0.4 is 9.13 Å². The molecule has 0 aliphatic carbocycles. The van der Waals surface area contributed by atoms with Crippen LogP contribution >= 0.6 is 0 Å². The van der Waals surface area contributed by atoms with E-state index in [1.54, 1.807) is 0 Å². The van der Waals surface area contributed by atoms with Gasteiger partial charge in [-0.25, -0.2) is 0 Å². The molecule has 245 valence electrons. The van der Waals surface area contributed by atoms with Gasteiger partial charge in [-0.05, 0) is 79.7 Å². The van der Waals surface area contributed by atoms with Crippen LogP contribution in [0.2, 0.25) is 0 Å². The van der Waals surface area contributed by atoms with Gasteiger partial charge >= 0.3 is 21.0 Å². The van der Waals surface area contributed by atoms with Crippen molar-refractivity contribution in [3.05, 3.63) is 69.3 Å². The third-order valence-corrected chi connectivity index (χ3v) is 10.7. The second-order valence-corrected chi connectivity index (χ2v) is 12.6. The summed E-state index contributed by atoms with van der Waals surface area (Å²) in [5.41, 5.74) is 22.7. The Morgan fingerprint density at radius 2 is 0.674 bits per heavy atom. The van der Waals surface area contributed by atoms with E-state index >= 15 is 0 Å². The maximum absolute atomic E-state index is 8.19. The van der Waals surface area contributed by atoms with Crippen molar-refractivity contribution in [3.63, 3.8) is 0 Å². The zero-order valence-corrected chi connectivity index (χ0v) is 32.0. The van der Waals surface area contributed by atoms with Crippen LogP contribution in [0, 0.1) is 0 Å². The van der Waals surface area contributed by atoms with Crippen LogP contribution in [0.3, 0.4) is 0 Å². The molecular weight excluding hydrogens is 603 g/mol. The summed E-state index contributed by atoms with van der Waals surface area (Å²) in [6.45, 7) is 18.6.